The van der Waals surface area contributed by atoms with Crippen molar-refractivity contribution in [1.82, 2.24) is 14.5 Å². The molecule has 1 fully saturated rings. The maximum absolute atomic E-state index is 9.42. The summed E-state index contributed by atoms with van der Waals surface area (Å²) in [6.45, 7) is 2.16. The van der Waals surface area contributed by atoms with Gasteiger partial charge in [0.05, 0.1) is 6.33 Å². The Hall–Kier alpha value is -1.81. The summed E-state index contributed by atoms with van der Waals surface area (Å²) < 4.78 is 2.17. The quantitative estimate of drug-likeness (QED) is 0.933. The van der Waals surface area contributed by atoms with Gasteiger partial charge in [-0.15, -0.1) is 0 Å². The molecule has 0 amide bonds. The van der Waals surface area contributed by atoms with E-state index >= 15 is 0 Å². The van der Waals surface area contributed by atoms with Crippen molar-refractivity contribution in [3.63, 3.8) is 0 Å². The number of aromatic hydroxyl groups is 1. The van der Waals surface area contributed by atoms with E-state index in [4.69, 9.17) is 0 Å². The highest BCUT2D eigenvalue weighted by Gasteiger charge is 2.27. The molecule has 1 aliphatic heterocycles. The molecular formula is C16H21N3O. The van der Waals surface area contributed by atoms with E-state index in [-0.39, 0.29) is 0 Å². The minimum atomic E-state index is 0.335. The summed E-state index contributed by atoms with van der Waals surface area (Å²) in [6, 6.07) is 8.08. The lowest BCUT2D eigenvalue weighted by Gasteiger charge is -2.37. The Labute approximate surface area is 119 Å². The molecule has 2 unspecified atom stereocenters. The number of aromatic nitrogens is 2. The average molecular weight is 271 g/mol. The molecule has 4 nitrogen and oxygen atoms in total. The van der Waals surface area contributed by atoms with Crippen molar-refractivity contribution in [1.29, 1.82) is 0 Å². The summed E-state index contributed by atoms with van der Waals surface area (Å²) in [4.78, 5) is 6.53. The van der Waals surface area contributed by atoms with E-state index in [0.29, 0.717) is 17.7 Å². The van der Waals surface area contributed by atoms with Crippen molar-refractivity contribution in [2.45, 2.75) is 25.4 Å². The standard InChI is InChI=1S/C16H21N3O/c1-18-8-6-13(11-19-9-7-17-12-19)10-16(18)14-2-4-15(20)5-3-14/h2-5,7,9,12-13,16,20H,6,8,10-11H2,1H3. The van der Waals surface area contributed by atoms with Crippen molar-refractivity contribution in [3.8, 4) is 5.75 Å². The molecule has 1 N–H and O–H groups in total. The maximum Gasteiger partial charge on any atom is 0.115 e. The number of hydrogen-bond donors (Lipinski definition) is 1. The highest BCUT2D eigenvalue weighted by atomic mass is 16.3. The van der Waals surface area contributed by atoms with Crippen LogP contribution in [0.1, 0.15) is 24.4 Å². The summed E-state index contributed by atoms with van der Waals surface area (Å²) in [5.74, 6) is 1.02. The largest absolute Gasteiger partial charge is 0.508 e. The van der Waals surface area contributed by atoms with Gasteiger partial charge in [-0.1, -0.05) is 12.1 Å². The summed E-state index contributed by atoms with van der Waals surface area (Å²) in [5.41, 5.74) is 1.29. The molecule has 1 saturated heterocycles. The van der Waals surface area contributed by atoms with Crippen LogP contribution in [0.15, 0.2) is 43.0 Å². The van der Waals surface area contributed by atoms with E-state index in [0.717, 1.165) is 19.5 Å². The van der Waals surface area contributed by atoms with Crippen LogP contribution >= 0.6 is 0 Å². The predicted octanol–water partition coefficient (Wildman–Crippen LogP) is 2.67. The Kier molecular flexibility index (Phi) is 3.74. The Balaban J connectivity index is 1.71. The van der Waals surface area contributed by atoms with Crippen LogP contribution in [0.4, 0.5) is 0 Å². The van der Waals surface area contributed by atoms with Crippen molar-refractivity contribution in [2.75, 3.05) is 13.6 Å². The lowest BCUT2D eigenvalue weighted by molar-refractivity contribution is 0.133. The Morgan fingerprint density at radius 2 is 2.10 bits per heavy atom. The second kappa shape index (κ2) is 5.67. The number of imidazole rings is 1. The molecule has 0 spiro atoms. The minimum Gasteiger partial charge on any atom is -0.508 e. The van der Waals surface area contributed by atoms with Crippen LogP contribution in [0.25, 0.3) is 0 Å². The van der Waals surface area contributed by atoms with E-state index < -0.39 is 0 Å². The molecule has 0 saturated carbocycles. The van der Waals surface area contributed by atoms with Gasteiger partial charge in [0.1, 0.15) is 5.75 Å². The number of phenols is 1. The molecule has 0 bridgehead atoms. The fraction of sp³-hybridized carbons (Fsp3) is 0.438. The van der Waals surface area contributed by atoms with Gasteiger partial charge in [0.15, 0.2) is 0 Å². The van der Waals surface area contributed by atoms with E-state index in [1.807, 2.05) is 30.9 Å². The number of likely N-dealkylation sites (tertiary alicyclic amines) is 1. The average Bonchev–Trinajstić information content (AvgIpc) is 2.95. The van der Waals surface area contributed by atoms with E-state index in [2.05, 4.69) is 21.5 Å². The van der Waals surface area contributed by atoms with Crippen LogP contribution in [0.3, 0.4) is 0 Å². The van der Waals surface area contributed by atoms with Crippen LogP contribution in [-0.2, 0) is 6.54 Å². The third-order valence-corrected chi connectivity index (χ3v) is 4.28. The van der Waals surface area contributed by atoms with Gasteiger partial charge in [-0.3, -0.25) is 4.90 Å². The first-order valence-corrected chi connectivity index (χ1v) is 7.17. The molecule has 3 rings (SSSR count). The van der Waals surface area contributed by atoms with Crippen molar-refractivity contribution in [3.05, 3.63) is 48.5 Å². The minimum absolute atomic E-state index is 0.335. The van der Waals surface area contributed by atoms with E-state index in [1.54, 1.807) is 12.1 Å². The Morgan fingerprint density at radius 3 is 2.80 bits per heavy atom. The first-order chi connectivity index (χ1) is 9.72. The molecule has 2 atom stereocenters. The van der Waals surface area contributed by atoms with Crippen LogP contribution in [0.5, 0.6) is 5.75 Å². The second-order valence-corrected chi connectivity index (χ2v) is 5.74. The van der Waals surface area contributed by atoms with Gasteiger partial charge in [-0.05, 0) is 50.0 Å². The molecule has 2 aromatic rings. The number of rotatable bonds is 3. The fourth-order valence-corrected chi connectivity index (χ4v) is 3.10. The number of phenolic OH excluding ortho intramolecular Hbond substituents is 1. The van der Waals surface area contributed by atoms with Crippen LogP contribution in [0.2, 0.25) is 0 Å². The normalized spacial score (nSPS) is 23.9. The van der Waals surface area contributed by atoms with Crippen LogP contribution in [-0.4, -0.2) is 33.1 Å². The van der Waals surface area contributed by atoms with Gasteiger partial charge in [-0.2, -0.15) is 0 Å². The van der Waals surface area contributed by atoms with Gasteiger partial charge in [0, 0.05) is 25.0 Å². The topological polar surface area (TPSA) is 41.3 Å². The second-order valence-electron chi connectivity index (χ2n) is 5.74. The number of piperidine rings is 1. The summed E-state index contributed by atoms with van der Waals surface area (Å²) >= 11 is 0. The van der Waals surface area contributed by atoms with E-state index in [9.17, 15) is 5.11 Å². The third kappa shape index (κ3) is 2.85. The molecule has 1 aromatic heterocycles. The molecule has 4 heteroatoms. The summed E-state index contributed by atoms with van der Waals surface area (Å²) in [6.07, 6.45) is 8.15. The lowest BCUT2D eigenvalue weighted by atomic mass is 9.87. The molecule has 20 heavy (non-hydrogen) atoms. The van der Waals surface area contributed by atoms with Gasteiger partial charge in [0.2, 0.25) is 0 Å². The summed E-state index contributed by atoms with van der Waals surface area (Å²) in [7, 11) is 2.19. The molecular weight excluding hydrogens is 250 g/mol. The Morgan fingerprint density at radius 1 is 1.30 bits per heavy atom. The molecule has 0 radical (unpaired) electrons. The number of hydrogen-bond acceptors (Lipinski definition) is 3. The predicted molar refractivity (Wildman–Crippen MR) is 78.4 cm³/mol. The molecule has 0 aliphatic carbocycles. The van der Waals surface area contributed by atoms with Crippen molar-refractivity contribution >= 4 is 0 Å². The number of benzene rings is 1. The first-order valence-electron chi connectivity index (χ1n) is 7.17. The van der Waals surface area contributed by atoms with E-state index in [1.165, 1.54) is 12.0 Å². The van der Waals surface area contributed by atoms with Gasteiger partial charge in [0.25, 0.3) is 0 Å². The zero-order valence-corrected chi connectivity index (χ0v) is 11.8. The zero-order chi connectivity index (χ0) is 13.9. The smallest absolute Gasteiger partial charge is 0.115 e. The first kappa shape index (κ1) is 13.2. The molecule has 1 aliphatic rings. The number of nitrogens with zero attached hydrogens (tertiary/aromatic N) is 3. The zero-order valence-electron chi connectivity index (χ0n) is 11.8. The Bertz CT molecular complexity index is 535. The molecule has 106 valence electrons. The lowest BCUT2D eigenvalue weighted by Crippen LogP contribution is -2.35. The SMILES string of the molecule is CN1CCC(Cn2ccnc2)CC1c1ccc(O)cc1. The highest BCUT2D eigenvalue weighted by molar-refractivity contribution is 5.28. The molecule has 2 heterocycles. The third-order valence-electron chi connectivity index (χ3n) is 4.28. The molecule has 1 aromatic carbocycles. The van der Waals surface area contributed by atoms with Crippen molar-refractivity contribution in [2.24, 2.45) is 5.92 Å². The fourth-order valence-electron chi connectivity index (χ4n) is 3.10. The monoisotopic (exact) mass is 271 g/mol. The van der Waals surface area contributed by atoms with Crippen molar-refractivity contribution < 1.29 is 5.11 Å². The van der Waals surface area contributed by atoms with Gasteiger partial charge in [-0.25, -0.2) is 4.98 Å². The highest BCUT2D eigenvalue weighted by Crippen LogP contribution is 2.34. The van der Waals surface area contributed by atoms with Crippen LogP contribution < -0.4 is 0 Å². The van der Waals surface area contributed by atoms with Gasteiger partial charge >= 0.3 is 0 Å². The van der Waals surface area contributed by atoms with Crippen LogP contribution in [0, 0.1) is 5.92 Å². The van der Waals surface area contributed by atoms with Gasteiger partial charge < -0.3 is 9.67 Å². The summed E-state index contributed by atoms with van der Waals surface area (Å²) in [5, 5.41) is 9.42. The maximum atomic E-state index is 9.42.